The molecule has 2 rings (SSSR count). The van der Waals surface area contributed by atoms with E-state index in [-0.39, 0.29) is 17.1 Å². The molecule has 0 saturated carbocycles. The van der Waals surface area contributed by atoms with Crippen LogP contribution in [0.15, 0.2) is 50.4 Å². The first-order valence-corrected chi connectivity index (χ1v) is 8.89. The van der Waals surface area contributed by atoms with Gasteiger partial charge < -0.3 is 5.11 Å². The van der Waals surface area contributed by atoms with E-state index in [0.717, 1.165) is 5.56 Å². The lowest BCUT2D eigenvalue weighted by atomic mass is 9.87. The summed E-state index contributed by atoms with van der Waals surface area (Å²) in [7, 11) is 0. The van der Waals surface area contributed by atoms with Crippen molar-refractivity contribution in [3.63, 3.8) is 0 Å². The molecular weight excluding hydrogens is 436 g/mol. The second kappa shape index (κ2) is 7.49. The maximum absolute atomic E-state index is 12.1. The lowest BCUT2D eigenvalue weighted by molar-refractivity contribution is 0.0955. The molecule has 0 aliphatic heterocycles. The van der Waals surface area contributed by atoms with E-state index >= 15 is 0 Å². The van der Waals surface area contributed by atoms with E-state index in [4.69, 9.17) is 0 Å². The van der Waals surface area contributed by atoms with Crippen molar-refractivity contribution in [3.8, 4) is 5.75 Å². The number of carbonyl (C=O) groups excluding carboxylic acids is 1. The number of carbonyl (C=O) groups is 1. The highest BCUT2D eigenvalue weighted by Crippen LogP contribution is 2.32. The highest BCUT2D eigenvalue weighted by molar-refractivity contribution is 9.11. The molecule has 0 unspecified atom stereocenters. The fraction of sp³-hybridized carbons (Fsp3) is 0.222. The number of rotatable bonds is 3. The number of aromatic hydroxyl groups is 1. The van der Waals surface area contributed by atoms with Crippen molar-refractivity contribution in [2.24, 2.45) is 5.10 Å². The highest BCUT2D eigenvalue weighted by Gasteiger charge is 2.14. The summed E-state index contributed by atoms with van der Waals surface area (Å²) in [6.45, 7) is 6.38. The summed E-state index contributed by atoms with van der Waals surface area (Å²) in [5, 5.41) is 13.6. The van der Waals surface area contributed by atoms with Gasteiger partial charge in [-0.2, -0.15) is 5.10 Å². The topological polar surface area (TPSA) is 61.7 Å². The molecule has 2 N–H and O–H groups in total. The molecule has 4 nitrogen and oxygen atoms in total. The standard InChI is InChI=1S/C18H18Br2N2O2/c1-18(2,3)13-6-4-12(5-7-13)17(24)22-21-10-11-8-14(19)16(23)15(20)9-11/h4-10,23H,1-3H3,(H,22,24)/b21-10-. The monoisotopic (exact) mass is 452 g/mol. The minimum absolute atomic E-state index is 0.0484. The number of halogens is 2. The van der Waals surface area contributed by atoms with Crippen LogP contribution in [0.2, 0.25) is 0 Å². The summed E-state index contributed by atoms with van der Waals surface area (Å²) in [6, 6.07) is 10.9. The molecule has 24 heavy (non-hydrogen) atoms. The van der Waals surface area contributed by atoms with Gasteiger partial charge in [0.05, 0.1) is 15.2 Å². The summed E-state index contributed by atoms with van der Waals surface area (Å²) < 4.78 is 1.09. The molecule has 6 heteroatoms. The van der Waals surface area contributed by atoms with E-state index in [9.17, 15) is 9.90 Å². The molecule has 0 spiro atoms. The van der Waals surface area contributed by atoms with Gasteiger partial charge in [0.25, 0.3) is 5.91 Å². The Kier molecular flexibility index (Phi) is 5.83. The Hall–Kier alpha value is -1.66. The summed E-state index contributed by atoms with van der Waals surface area (Å²) in [4.78, 5) is 12.1. The quantitative estimate of drug-likeness (QED) is 0.508. The molecule has 2 aromatic carbocycles. The smallest absolute Gasteiger partial charge is 0.271 e. The molecule has 0 heterocycles. The van der Waals surface area contributed by atoms with Crippen LogP contribution in [-0.4, -0.2) is 17.2 Å². The van der Waals surface area contributed by atoms with Crippen LogP contribution in [0.3, 0.4) is 0 Å². The van der Waals surface area contributed by atoms with Crippen molar-refractivity contribution < 1.29 is 9.90 Å². The maximum Gasteiger partial charge on any atom is 0.271 e. The molecule has 2 aromatic rings. The van der Waals surface area contributed by atoms with Crippen LogP contribution in [-0.2, 0) is 5.41 Å². The second-order valence-electron chi connectivity index (χ2n) is 6.36. The number of amides is 1. The average molecular weight is 454 g/mol. The Morgan fingerprint density at radius 3 is 2.17 bits per heavy atom. The van der Waals surface area contributed by atoms with Gasteiger partial charge in [0.15, 0.2) is 0 Å². The minimum atomic E-state index is -0.274. The van der Waals surface area contributed by atoms with E-state index in [0.29, 0.717) is 14.5 Å². The molecule has 126 valence electrons. The Morgan fingerprint density at radius 2 is 1.67 bits per heavy atom. The van der Waals surface area contributed by atoms with E-state index < -0.39 is 0 Å². The van der Waals surface area contributed by atoms with Gasteiger partial charge in [0.2, 0.25) is 0 Å². The van der Waals surface area contributed by atoms with Crippen molar-refractivity contribution >= 4 is 44.0 Å². The zero-order valence-electron chi connectivity index (χ0n) is 13.6. The number of hydrazone groups is 1. The first kappa shape index (κ1) is 18.7. The number of phenols is 1. The van der Waals surface area contributed by atoms with Gasteiger partial charge in [-0.25, -0.2) is 5.43 Å². The summed E-state index contributed by atoms with van der Waals surface area (Å²) in [5.41, 5.74) is 4.99. The van der Waals surface area contributed by atoms with E-state index in [1.165, 1.54) is 11.8 Å². The number of hydrogen-bond acceptors (Lipinski definition) is 3. The molecule has 0 atom stereocenters. The predicted molar refractivity (Wildman–Crippen MR) is 104 cm³/mol. The van der Waals surface area contributed by atoms with Gasteiger partial charge in [-0.15, -0.1) is 0 Å². The Balaban J connectivity index is 2.05. The zero-order valence-corrected chi connectivity index (χ0v) is 16.8. The third-order valence-corrected chi connectivity index (χ3v) is 4.64. The van der Waals surface area contributed by atoms with Crippen molar-refractivity contribution in [1.82, 2.24) is 5.43 Å². The number of nitrogens with zero attached hydrogens (tertiary/aromatic N) is 1. The van der Waals surface area contributed by atoms with Crippen LogP contribution < -0.4 is 5.43 Å². The van der Waals surface area contributed by atoms with Gasteiger partial charge in [0.1, 0.15) is 5.75 Å². The van der Waals surface area contributed by atoms with E-state index in [1.807, 2.05) is 12.1 Å². The van der Waals surface area contributed by atoms with Crippen LogP contribution >= 0.6 is 31.9 Å². The first-order valence-electron chi connectivity index (χ1n) is 7.30. The molecule has 0 aliphatic rings. The third kappa shape index (κ3) is 4.68. The summed E-state index contributed by atoms with van der Waals surface area (Å²) >= 11 is 6.50. The fourth-order valence-corrected chi connectivity index (χ4v) is 3.23. The number of hydrogen-bond donors (Lipinski definition) is 2. The third-order valence-electron chi connectivity index (χ3n) is 3.43. The lowest BCUT2D eigenvalue weighted by Gasteiger charge is -2.18. The Morgan fingerprint density at radius 1 is 1.12 bits per heavy atom. The molecule has 0 fully saturated rings. The Labute approximate surface area is 158 Å². The molecular formula is C18H18Br2N2O2. The lowest BCUT2D eigenvalue weighted by Crippen LogP contribution is -2.18. The number of benzene rings is 2. The molecule has 1 amide bonds. The fourth-order valence-electron chi connectivity index (χ4n) is 2.01. The van der Waals surface area contributed by atoms with E-state index in [1.54, 1.807) is 24.3 Å². The van der Waals surface area contributed by atoms with Gasteiger partial charge >= 0.3 is 0 Å². The van der Waals surface area contributed by atoms with Crippen LogP contribution in [0.5, 0.6) is 5.75 Å². The molecule has 0 radical (unpaired) electrons. The van der Waals surface area contributed by atoms with Gasteiger partial charge in [-0.05, 0) is 72.7 Å². The minimum Gasteiger partial charge on any atom is -0.506 e. The van der Waals surface area contributed by atoms with Gasteiger partial charge in [-0.3, -0.25) is 4.79 Å². The second-order valence-corrected chi connectivity index (χ2v) is 8.07. The Bertz CT molecular complexity index is 756. The summed E-state index contributed by atoms with van der Waals surface area (Å²) in [6.07, 6.45) is 1.51. The van der Waals surface area contributed by atoms with Crippen LogP contribution in [0.25, 0.3) is 0 Å². The number of nitrogens with one attached hydrogen (secondary N) is 1. The largest absolute Gasteiger partial charge is 0.506 e. The van der Waals surface area contributed by atoms with E-state index in [2.05, 4.69) is 63.2 Å². The molecule has 0 saturated heterocycles. The SMILES string of the molecule is CC(C)(C)c1ccc(C(=O)N/N=C\c2cc(Br)c(O)c(Br)c2)cc1. The van der Waals surface area contributed by atoms with Crippen molar-refractivity contribution in [2.45, 2.75) is 26.2 Å². The number of phenolic OH excluding ortho intramolecular Hbond substituents is 1. The summed E-state index contributed by atoms with van der Waals surface area (Å²) in [5.74, 6) is -0.154. The van der Waals surface area contributed by atoms with Gasteiger partial charge in [0, 0.05) is 5.56 Å². The van der Waals surface area contributed by atoms with Crippen LogP contribution in [0, 0.1) is 0 Å². The average Bonchev–Trinajstić information content (AvgIpc) is 2.51. The molecule has 0 bridgehead atoms. The first-order chi connectivity index (χ1) is 11.2. The van der Waals surface area contributed by atoms with Crippen LogP contribution in [0.4, 0.5) is 0 Å². The van der Waals surface area contributed by atoms with Crippen molar-refractivity contribution in [2.75, 3.05) is 0 Å². The maximum atomic E-state index is 12.1. The van der Waals surface area contributed by atoms with Crippen LogP contribution in [0.1, 0.15) is 42.3 Å². The normalized spacial score (nSPS) is 11.7. The molecule has 0 aliphatic carbocycles. The van der Waals surface area contributed by atoms with Gasteiger partial charge in [-0.1, -0.05) is 32.9 Å². The molecule has 0 aromatic heterocycles. The van der Waals surface area contributed by atoms with Crippen molar-refractivity contribution in [1.29, 1.82) is 0 Å². The highest BCUT2D eigenvalue weighted by atomic mass is 79.9. The van der Waals surface area contributed by atoms with Crippen molar-refractivity contribution in [3.05, 3.63) is 62.0 Å². The predicted octanol–water partition coefficient (Wildman–Crippen LogP) is 4.98. The zero-order chi connectivity index (χ0) is 17.9.